The van der Waals surface area contributed by atoms with Crippen LogP contribution >= 0.6 is 7.26 Å². The van der Waals surface area contributed by atoms with Crippen LogP contribution in [0.4, 0.5) is 0 Å². The van der Waals surface area contributed by atoms with E-state index in [2.05, 4.69) is 27.7 Å². The van der Waals surface area contributed by atoms with E-state index in [9.17, 15) is 4.79 Å². The van der Waals surface area contributed by atoms with Gasteiger partial charge in [-0.05, 0) is 12.1 Å². The minimum atomic E-state index is -0.879. The van der Waals surface area contributed by atoms with Crippen molar-refractivity contribution in [1.29, 1.82) is 0 Å². The Bertz CT molecular complexity index is 407. The van der Waals surface area contributed by atoms with Crippen LogP contribution in [-0.2, 0) is 0 Å². The fourth-order valence-corrected chi connectivity index (χ4v) is 9.45. The van der Waals surface area contributed by atoms with Gasteiger partial charge in [-0.3, -0.25) is 0 Å². The summed E-state index contributed by atoms with van der Waals surface area (Å²) in [5.41, 5.74) is 0.331. The molecule has 0 radical (unpaired) electrons. The molecule has 0 saturated carbocycles. The van der Waals surface area contributed by atoms with E-state index in [0.717, 1.165) is 0 Å². The maximum Gasteiger partial charge on any atom is 0.335 e. The molecule has 0 spiro atoms. The second-order valence-electron chi connectivity index (χ2n) is 7.59. The Labute approximate surface area is 163 Å². The average Bonchev–Trinajstić information content (AvgIpc) is 2.68. The van der Waals surface area contributed by atoms with Crippen LogP contribution in [0.1, 0.15) is 89.4 Å². The molecule has 152 valence electrons. The molecule has 0 aliphatic carbocycles. The second kappa shape index (κ2) is 16.3. The van der Waals surface area contributed by atoms with E-state index >= 15 is 0 Å². The standard InChI is InChI=1S/C16H37P.C7H6O2/c1-5-9-13-17(14-10-6-2,15-11-7-3)16-12-8-4;8-7(9)6-4-2-1-3-5-6/h17H,5-16H2,1-4H3;1-5H,(H,8,9). The van der Waals surface area contributed by atoms with Crippen molar-refractivity contribution in [1.82, 2.24) is 0 Å². The van der Waals surface area contributed by atoms with E-state index in [0.29, 0.717) is 5.56 Å². The molecule has 0 aromatic heterocycles. The quantitative estimate of drug-likeness (QED) is 0.363. The van der Waals surface area contributed by atoms with Gasteiger partial charge in [0.15, 0.2) is 0 Å². The zero-order chi connectivity index (χ0) is 19.7. The first-order valence-corrected chi connectivity index (χ1v) is 13.7. The second-order valence-corrected chi connectivity index (χ2v) is 12.6. The normalized spacial score (nSPS) is 11.5. The Morgan fingerprint density at radius 3 is 1.31 bits per heavy atom. The number of benzene rings is 1. The van der Waals surface area contributed by atoms with Crippen molar-refractivity contribution in [2.24, 2.45) is 0 Å². The van der Waals surface area contributed by atoms with Crippen LogP contribution in [0.2, 0.25) is 0 Å². The maximum absolute atomic E-state index is 10.2. The summed E-state index contributed by atoms with van der Waals surface area (Å²) < 4.78 is 0. The van der Waals surface area contributed by atoms with Gasteiger partial charge in [0.25, 0.3) is 0 Å². The van der Waals surface area contributed by atoms with Crippen molar-refractivity contribution < 1.29 is 9.90 Å². The van der Waals surface area contributed by atoms with E-state index in [1.54, 1.807) is 55.0 Å². The summed E-state index contributed by atoms with van der Waals surface area (Å²) >= 11 is 0. The van der Waals surface area contributed by atoms with Gasteiger partial charge in [-0.15, -0.1) is 0 Å². The number of aromatic carboxylic acids is 1. The summed E-state index contributed by atoms with van der Waals surface area (Å²) in [6.07, 6.45) is 18.1. The average molecular weight is 383 g/mol. The number of unbranched alkanes of at least 4 members (excludes halogenated alkanes) is 4. The summed E-state index contributed by atoms with van der Waals surface area (Å²) in [5.74, 6) is -0.879. The molecule has 3 heteroatoms. The van der Waals surface area contributed by atoms with Gasteiger partial charge < -0.3 is 5.11 Å². The van der Waals surface area contributed by atoms with Crippen LogP contribution in [0.5, 0.6) is 0 Å². The van der Waals surface area contributed by atoms with Crippen LogP contribution in [0.15, 0.2) is 30.3 Å². The molecule has 26 heavy (non-hydrogen) atoms. The fraction of sp³-hybridized carbons (Fsp3) is 0.696. The largest absolute Gasteiger partial charge is 0.478 e. The monoisotopic (exact) mass is 382 g/mol. The molecule has 0 saturated heterocycles. The third-order valence-corrected chi connectivity index (χ3v) is 10.9. The van der Waals surface area contributed by atoms with Crippen LogP contribution in [-0.4, -0.2) is 35.7 Å². The summed E-state index contributed by atoms with van der Waals surface area (Å²) in [5, 5.41) is 8.38. The first-order valence-electron chi connectivity index (χ1n) is 10.8. The molecule has 1 aromatic carbocycles. The molecule has 0 bridgehead atoms. The van der Waals surface area contributed by atoms with Crippen LogP contribution in [0.25, 0.3) is 0 Å². The van der Waals surface area contributed by atoms with Gasteiger partial charge in [0.1, 0.15) is 0 Å². The molecule has 0 aliphatic heterocycles. The number of carboxylic acids is 1. The van der Waals surface area contributed by atoms with Gasteiger partial charge in [-0.25, -0.2) is 4.79 Å². The van der Waals surface area contributed by atoms with E-state index < -0.39 is 13.2 Å². The molecule has 2 nitrogen and oxygen atoms in total. The Morgan fingerprint density at radius 2 is 1.08 bits per heavy atom. The number of hydrogen-bond acceptors (Lipinski definition) is 1. The zero-order valence-electron chi connectivity index (χ0n) is 17.7. The van der Waals surface area contributed by atoms with Gasteiger partial charge in [0.2, 0.25) is 0 Å². The van der Waals surface area contributed by atoms with Gasteiger partial charge in [0.05, 0.1) is 5.56 Å². The van der Waals surface area contributed by atoms with Crippen molar-refractivity contribution in [3.8, 4) is 0 Å². The topological polar surface area (TPSA) is 37.3 Å². The molecule has 0 amide bonds. The number of carbonyl (C=O) groups is 1. The minimum Gasteiger partial charge on any atom is -0.478 e. The van der Waals surface area contributed by atoms with Crippen molar-refractivity contribution in [3.63, 3.8) is 0 Å². The van der Waals surface area contributed by atoms with Gasteiger partial charge >= 0.3 is 117 Å². The molecule has 0 fully saturated rings. The predicted molar refractivity (Wildman–Crippen MR) is 121 cm³/mol. The first kappa shape index (κ1) is 25.1. The third-order valence-electron chi connectivity index (χ3n) is 5.26. The molecule has 1 aromatic rings. The molecule has 1 N–H and O–H groups in total. The van der Waals surface area contributed by atoms with E-state index in [-0.39, 0.29) is 0 Å². The number of hydrogen-bond donors (Lipinski definition) is 1. The van der Waals surface area contributed by atoms with Gasteiger partial charge in [0, 0.05) is 0 Å². The molecular weight excluding hydrogens is 339 g/mol. The number of rotatable bonds is 13. The molecule has 1 rings (SSSR count). The van der Waals surface area contributed by atoms with Crippen LogP contribution in [0, 0.1) is 0 Å². The Hall–Kier alpha value is -0.880. The maximum atomic E-state index is 10.2. The van der Waals surface area contributed by atoms with E-state index in [1.165, 1.54) is 51.4 Å². The van der Waals surface area contributed by atoms with Crippen molar-refractivity contribution in [3.05, 3.63) is 35.9 Å². The summed E-state index contributed by atoms with van der Waals surface area (Å²) in [7, 11) is -0.879. The molecular formula is C23H43O2P. The molecule has 0 unspecified atom stereocenters. The molecule has 0 aliphatic rings. The molecule has 0 heterocycles. The fourth-order valence-electron chi connectivity index (χ4n) is 3.54. The predicted octanol–water partition coefficient (Wildman–Crippen LogP) is 7.32. The SMILES string of the molecule is CCCC[PH](CCCC)(CCCC)CCCC.O=C(O)c1ccccc1. The van der Waals surface area contributed by atoms with E-state index in [1.807, 2.05) is 0 Å². The smallest absolute Gasteiger partial charge is 0.335 e. The van der Waals surface area contributed by atoms with Crippen LogP contribution in [0.3, 0.4) is 0 Å². The van der Waals surface area contributed by atoms with Crippen molar-refractivity contribution in [2.75, 3.05) is 24.6 Å². The minimum absolute atomic E-state index is 0.331. The Kier molecular flexibility index (Phi) is 15.8. The first-order chi connectivity index (χ1) is 12.5. The van der Waals surface area contributed by atoms with Gasteiger partial charge in [-0.2, -0.15) is 0 Å². The Morgan fingerprint density at radius 1 is 0.731 bits per heavy atom. The summed E-state index contributed by atoms with van der Waals surface area (Å²) in [4.78, 5) is 10.2. The van der Waals surface area contributed by atoms with Gasteiger partial charge in [-0.1, -0.05) is 18.2 Å². The third kappa shape index (κ3) is 11.7. The number of carboxylic acid groups (broad SMARTS) is 1. The van der Waals surface area contributed by atoms with Crippen molar-refractivity contribution in [2.45, 2.75) is 79.1 Å². The Balaban J connectivity index is 0.000000577. The van der Waals surface area contributed by atoms with Crippen molar-refractivity contribution >= 4 is 13.2 Å². The summed E-state index contributed by atoms with van der Waals surface area (Å²) in [6.45, 7) is 9.44. The molecule has 0 atom stereocenters. The van der Waals surface area contributed by atoms with E-state index in [4.69, 9.17) is 5.11 Å². The van der Waals surface area contributed by atoms with Crippen LogP contribution < -0.4 is 0 Å². The zero-order valence-corrected chi connectivity index (χ0v) is 18.7. The summed E-state index contributed by atoms with van der Waals surface area (Å²) in [6, 6.07) is 8.30.